The Morgan fingerprint density at radius 2 is 2.11 bits per heavy atom. The molecular formula is C20H27N5OS. The van der Waals surface area contributed by atoms with Gasteiger partial charge in [0.05, 0.1) is 5.01 Å². The van der Waals surface area contributed by atoms with Crippen molar-refractivity contribution in [2.45, 2.75) is 32.6 Å². The van der Waals surface area contributed by atoms with Crippen LogP contribution in [0.4, 0.5) is 5.69 Å². The van der Waals surface area contributed by atoms with Crippen molar-refractivity contribution in [2.24, 2.45) is 4.99 Å². The Labute approximate surface area is 164 Å². The SMILES string of the molecule is CN=C(NCCCC(=O)N1CCc2ccccc21)NCCc1ncc(C)s1. The van der Waals surface area contributed by atoms with Crippen molar-refractivity contribution in [3.63, 3.8) is 0 Å². The molecule has 1 aromatic carbocycles. The van der Waals surface area contributed by atoms with Crippen molar-refractivity contribution in [3.05, 3.63) is 45.9 Å². The third-order valence-electron chi connectivity index (χ3n) is 4.57. The highest BCUT2D eigenvalue weighted by Gasteiger charge is 2.23. The fourth-order valence-corrected chi connectivity index (χ4v) is 3.99. The second-order valence-corrected chi connectivity index (χ2v) is 7.89. The van der Waals surface area contributed by atoms with Crippen molar-refractivity contribution in [2.75, 3.05) is 31.6 Å². The largest absolute Gasteiger partial charge is 0.356 e. The molecule has 0 saturated heterocycles. The Bertz CT molecular complexity index is 801. The molecule has 6 nitrogen and oxygen atoms in total. The molecule has 144 valence electrons. The zero-order chi connectivity index (χ0) is 19.1. The van der Waals surface area contributed by atoms with Crippen LogP contribution in [0.3, 0.4) is 0 Å². The molecule has 0 saturated carbocycles. The van der Waals surface area contributed by atoms with E-state index >= 15 is 0 Å². The number of hydrogen-bond acceptors (Lipinski definition) is 4. The van der Waals surface area contributed by atoms with Crippen LogP contribution in [0.2, 0.25) is 0 Å². The van der Waals surface area contributed by atoms with E-state index < -0.39 is 0 Å². The molecule has 0 spiro atoms. The number of aryl methyl sites for hydroxylation is 1. The van der Waals surface area contributed by atoms with Gasteiger partial charge in [-0.05, 0) is 31.4 Å². The number of carbonyl (C=O) groups excluding carboxylic acids is 1. The van der Waals surface area contributed by atoms with Gasteiger partial charge in [-0.2, -0.15) is 0 Å². The molecule has 0 fully saturated rings. The molecule has 27 heavy (non-hydrogen) atoms. The average Bonchev–Trinajstić information content (AvgIpc) is 3.29. The molecule has 1 aromatic heterocycles. The lowest BCUT2D eigenvalue weighted by Gasteiger charge is -2.17. The van der Waals surface area contributed by atoms with Crippen LogP contribution in [-0.2, 0) is 17.6 Å². The van der Waals surface area contributed by atoms with Gasteiger partial charge in [-0.15, -0.1) is 11.3 Å². The Morgan fingerprint density at radius 3 is 2.89 bits per heavy atom. The zero-order valence-corrected chi connectivity index (χ0v) is 16.8. The fourth-order valence-electron chi connectivity index (χ4n) is 3.20. The third-order valence-corrected chi connectivity index (χ3v) is 5.54. The smallest absolute Gasteiger partial charge is 0.227 e. The van der Waals surface area contributed by atoms with E-state index in [9.17, 15) is 4.79 Å². The minimum Gasteiger partial charge on any atom is -0.356 e. The summed E-state index contributed by atoms with van der Waals surface area (Å²) in [6.07, 6.45) is 5.06. The van der Waals surface area contributed by atoms with E-state index in [0.717, 1.165) is 55.6 Å². The minimum absolute atomic E-state index is 0.198. The van der Waals surface area contributed by atoms with Crippen LogP contribution >= 0.6 is 11.3 Å². The van der Waals surface area contributed by atoms with Crippen molar-refractivity contribution >= 4 is 28.9 Å². The number of fused-ring (bicyclic) bond motifs is 1. The van der Waals surface area contributed by atoms with E-state index in [-0.39, 0.29) is 5.91 Å². The first-order valence-electron chi connectivity index (χ1n) is 9.41. The zero-order valence-electron chi connectivity index (χ0n) is 16.0. The number of guanidine groups is 1. The number of rotatable bonds is 7. The molecule has 0 radical (unpaired) electrons. The van der Waals surface area contributed by atoms with Crippen LogP contribution in [0.15, 0.2) is 35.5 Å². The Kier molecular flexibility index (Phi) is 6.81. The lowest BCUT2D eigenvalue weighted by Crippen LogP contribution is -2.39. The summed E-state index contributed by atoms with van der Waals surface area (Å²) in [5.74, 6) is 0.964. The van der Waals surface area contributed by atoms with Gasteiger partial charge in [0.2, 0.25) is 5.91 Å². The Morgan fingerprint density at radius 1 is 1.30 bits per heavy atom. The summed E-state index contributed by atoms with van der Waals surface area (Å²) >= 11 is 1.73. The van der Waals surface area contributed by atoms with Gasteiger partial charge in [-0.1, -0.05) is 18.2 Å². The van der Waals surface area contributed by atoms with Crippen LogP contribution in [0.5, 0.6) is 0 Å². The summed E-state index contributed by atoms with van der Waals surface area (Å²) in [6.45, 7) is 4.37. The number of benzene rings is 1. The van der Waals surface area contributed by atoms with Crippen LogP contribution in [0.25, 0.3) is 0 Å². The van der Waals surface area contributed by atoms with Gasteiger partial charge in [-0.25, -0.2) is 4.98 Å². The van der Waals surface area contributed by atoms with Crippen molar-refractivity contribution in [1.29, 1.82) is 0 Å². The minimum atomic E-state index is 0.198. The summed E-state index contributed by atoms with van der Waals surface area (Å²) in [6, 6.07) is 8.17. The summed E-state index contributed by atoms with van der Waals surface area (Å²) in [4.78, 5) is 24.2. The van der Waals surface area contributed by atoms with Crippen LogP contribution in [-0.4, -0.2) is 43.5 Å². The first-order chi connectivity index (χ1) is 13.2. The molecule has 2 heterocycles. The highest BCUT2D eigenvalue weighted by Crippen LogP contribution is 2.27. The number of para-hydroxylation sites is 1. The summed E-state index contributed by atoms with van der Waals surface area (Å²) in [7, 11) is 1.76. The number of anilines is 1. The van der Waals surface area contributed by atoms with Gasteiger partial charge in [0.15, 0.2) is 5.96 Å². The highest BCUT2D eigenvalue weighted by atomic mass is 32.1. The number of carbonyl (C=O) groups is 1. The first-order valence-corrected chi connectivity index (χ1v) is 10.2. The lowest BCUT2D eigenvalue weighted by molar-refractivity contribution is -0.118. The molecular weight excluding hydrogens is 358 g/mol. The van der Waals surface area contributed by atoms with Gasteiger partial charge >= 0.3 is 0 Å². The standard InChI is InChI=1S/C20H27N5OS/c1-15-14-24-18(27-15)9-12-23-20(21-2)22-11-5-8-19(26)25-13-10-16-6-3-4-7-17(16)25/h3-4,6-7,14H,5,8-13H2,1-2H3,(H2,21,22,23). The van der Waals surface area contributed by atoms with Crippen molar-refractivity contribution in [1.82, 2.24) is 15.6 Å². The highest BCUT2D eigenvalue weighted by molar-refractivity contribution is 7.11. The number of aliphatic imine (C=N–C) groups is 1. The summed E-state index contributed by atoms with van der Waals surface area (Å²) in [5, 5.41) is 7.70. The number of aromatic nitrogens is 1. The molecule has 0 unspecified atom stereocenters. The van der Waals surface area contributed by atoms with Crippen LogP contribution in [0, 0.1) is 6.92 Å². The van der Waals surface area contributed by atoms with Gasteiger partial charge in [0.1, 0.15) is 0 Å². The molecule has 2 N–H and O–H groups in total. The Balaban J connectivity index is 1.34. The summed E-state index contributed by atoms with van der Waals surface area (Å²) < 4.78 is 0. The van der Waals surface area contributed by atoms with Crippen LogP contribution < -0.4 is 15.5 Å². The molecule has 0 aliphatic carbocycles. The number of nitrogens with one attached hydrogen (secondary N) is 2. The number of amides is 1. The number of hydrogen-bond donors (Lipinski definition) is 2. The lowest BCUT2D eigenvalue weighted by atomic mass is 10.2. The maximum Gasteiger partial charge on any atom is 0.227 e. The molecule has 3 rings (SSSR count). The van der Waals surface area contributed by atoms with Crippen LogP contribution in [0.1, 0.15) is 28.3 Å². The van der Waals surface area contributed by atoms with Gasteiger partial charge in [0.25, 0.3) is 0 Å². The summed E-state index contributed by atoms with van der Waals surface area (Å²) in [5.41, 5.74) is 2.34. The van der Waals surface area contributed by atoms with E-state index in [1.807, 2.05) is 29.3 Å². The molecule has 1 aliphatic rings. The second kappa shape index (κ2) is 9.50. The predicted molar refractivity (Wildman–Crippen MR) is 112 cm³/mol. The molecule has 1 amide bonds. The molecule has 0 bridgehead atoms. The van der Waals surface area contributed by atoms with E-state index in [1.165, 1.54) is 10.4 Å². The van der Waals surface area contributed by atoms with Gasteiger partial charge < -0.3 is 15.5 Å². The van der Waals surface area contributed by atoms with E-state index in [1.54, 1.807) is 18.4 Å². The van der Waals surface area contributed by atoms with Gasteiger partial charge in [0, 0.05) is 56.3 Å². The van der Waals surface area contributed by atoms with Gasteiger partial charge in [-0.3, -0.25) is 9.79 Å². The number of thiazole rings is 1. The van der Waals surface area contributed by atoms with E-state index in [2.05, 4.69) is 33.6 Å². The van der Waals surface area contributed by atoms with E-state index in [0.29, 0.717) is 6.42 Å². The maximum absolute atomic E-state index is 12.5. The monoisotopic (exact) mass is 385 g/mol. The number of nitrogens with zero attached hydrogens (tertiary/aromatic N) is 3. The molecule has 2 aromatic rings. The maximum atomic E-state index is 12.5. The van der Waals surface area contributed by atoms with Crippen molar-refractivity contribution in [3.8, 4) is 0 Å². The second-order valence-electron chi connectivity index (χ2n) is 6.57. The topological polar surface area (TPSA) is 69.6 Å². The molecule has 7 heteroatoms. The molecule has 0 atom stereocenters. The fraction of sp³-hybridized carbons (Fsp3) is 0.450. The quantitative estimate of drug-likeness (QED) is 0.437. The predicted octanol–water partition coefficient (Wildman–Crippen LogP) is 2.53. The normalized spacial score (nSPS) is 13.6. The Hall–Kier alpha value is -2.41. The molecule has 1 aliphatic heterocycles. The average molecular weight is 386 g/mol. The first kappa shape index (κ1) is 19.4. The van der Waals surface area contributed by atoms with Crippen molar-refractivity contribution < 1.29 is 4.79 Å². The third kappa shape index (κ3) is 5.29. The van der Waals surface area contributed by atoms with E-state index in [4.69, 9.17) is 0 Å².